The first-order valence-electron chi connectivity index (χ1n) is 8.59. The molecule has 0 aromatic heterocycles. The van der Waals surface area contributed by atoms with Crippen LogP contribution in [0.25, 0.3) is 0 Å². The molecule has 0 spiro atoms. The van der Waals surface area contributed by atoms with Crippen LogP contribution in [-0.2, 0) is 4.79 Å². The number of imide groups is 1. The van der Waals surface area contributed by atoms with Crippen molar-refractivity contribution in [3.8, 4) is 5.75 Å². The van der Waals surface area contributed by atoms with E-state index in [-0.39, 0.29) is 18.0 Å². The molecule has 2 fully saturated rings. The normalized spacial score (nSPS) is 19.8. The van der Waals surface area contributed by atoms with Crippen LogP contribution in [0.2, 0.25) is 0 Å². The third-order valence-corrected chi connectivity index (χ3v) is 4.90. The molecule has 2 heterocycles. The lowest BCUT2D eigenvalue weighted by molar-refractivity contribution is -0.128. The molecule has 2 saturated heterocycles. The Labute approximate surface area is 143 Å². The fourth-order valence-electron chi connectivity index (χ4n) is 3.57. The number of amides is 3. The molecular weight excluding hydrogens is 306 g/mol. The summed E-state index contributed by atoms with van der Waals surface area (Å²) in [5, 5.41) is 0. The first-order chi connectivity index (χ1) is 11.6. The van der Waals surface area contributed by atoms with Crippen LogP contribution in [0.15, 0.2) is 24.3 Å². The van der Waals surface area contributed by atoms with Gasteiger partial charge in [0.1, 0.15) is 11.8 Å². The minimum absolute atomic E-state index is 0.00409. The fourth-order valence-corrected chi connectivity index (χ4v) is 3.57. The number of carbonyl (C=O) groups is 2. The molecule has 130 valence electrons. The van der Waals surface area contributed by atoms with E-state index in [0.29, 0.717) is 6.54 Å². The molecule has 3 rings (SSSR count). The predicted octanol–water partition coefficient (Wildman–Crippen LogP) is 2.34. The highest BCUT2D eigenvalue weighted by Crippen LogP contribution is 2.28. The van der Waals surface area contributed by atoms with Crippen LogP contribution >= 0.6 is 0 Å². The molecule has 0 saturated carbocycles. The summed E-state index contributed by atoms with van der Waals surface area (Å²) in [7, 11) is 3.70. The number of fused-ring (bicyclic) bond motifs is 1. The summed E-state index contributed by atoms with van der Waals surface area (Å²) in [5.74, 6) is 0.848. The van der Waals surface area contributed by atoms with E-state index in [4.69, 9.17) is 4.74 Å². The second-order valence-electron chi connectivity index (χ2n) is 6.42. The summed E-state index contributed by atoms with van der Waals surface area (Å²) in [6, 6.07) is 7.63. The summed E-state index contributed by atoms with van der Waals surface area (Å²) in [5.41, 5.74) is 1.05. The molecule has 24 heavy (non-hydrogen) atoms. The summed E-state index contributed by atoms with van der Waals surface area (Å²) < 4.78 is 5.38. The quantitative estimate of drug-likeness (QED) is 0.568. The Morgan fingerprint density at radius 3 is 2.79 bits per heavy atom. The largest absolute Gasteiger partial charge is 0.495 e. The SMILES string of the molecule is COc1ccccc1N(C)CCCCN1C(=O)C2CCCN2C1=O. The van der Waals surface area contributed by atoms with Gasteiger partial charge in [-0.2, -0.15) is 0 Å². The minimum atomic E-state index is -0.186. The molecule has 6 nitrogen and oxygen atoms in total. The Bertz CT molecular complexity index is 597. The number of nitrogens with zero attached hydrogens (tertiary/aromatic N) is 3. The number of urea groups is 1. The molecule has 2 aliphatic rings. The van der Waals surface area contributed by atoms with Crippen molar-refractivity contribution in [3.05, 3.63) is 24.3 Å². The highest BCUT2D eigenvalue weighted by molar-refractivity contribution is 6.04. The molecule has 0 N–H and O–H groups in total. The van der Waals surface area contributed by atoms with Crippen molar-refractivity contribution in [2.24, 2.45) is 0 Å². The summed E-state index contributed by atoms with van der Waals surface area (Å²) in [6.07, 6.45) is 3.49. The number of unbranched alkanes of at least 4 members (excludes halogenated alkanes) is 1. The van der Waals surface area contributed by atoms with E-state index in [1.54, 1.807) is 12.0 Å². The number of hydrogen-bond acceptors (Lipinski definition) is 4. The molecule has 1 unspecified atom stereocenters. The topological polar surface area (TPSA) is 53.1 Å². The van der Waals surface area contributed by atoms with Crippen molar-refractivity contribution in [1.82, 2.24) is 9.80 Å². The average molecular weight is 331 g/mol. The van der Waals surface area contributed by atoms with Gasteiger partial charge in [0.2, 0.25) is 0 Å². The van der Waals surface area contributed by atoms with Crippen LogP contribution in [-0.4, -0.2) is 61.6 Å². The number of methoxy groups -OCH3 is 1. The van der Waals surface area contributed by atoms with Gasteiger partial charge < -0.3 is 14.5 Å². The van der Waals surface area contributed by atoms with Crippen LogP contribution in [0.4, 0.5) is 10.5 Å². The molecule has 1 aromatic rings. The molecule has 1 atom stereocenters. The standard InChI is InChI=1S/C18H25N3O3/c1-19(14-8-3-4-10-16(14)24-2)11-5-6-12-21-17(22)15-9-7-13-20(15)18(21)23/h3-4,8,10,15H,5-7,9,11-13H2,1-2H3. The van der Waals surface area contributed by atoms with Gasteiger partial charge in [-0.3, -0.25) is 9.69 Å². The van der Waals surface area contributed by atoms with Gasteiger partial charge in [-0.05, 0) is 37.8 Å². The first-order valence-corrected chi connectivity index (χ1v) is 8.59. The predicted molar refractivity (Wildman–Crippen MR) is 92.3 cm³/mol. The van der Waals surface area contributed by atoms with Gasteiger partial charge in [0.25, 0.3) is 5.91 Å². The van der Waals surface area contributed by atoms with E-state index < -0.39 is 0 Å². The van der Waals surface area contributed by atoms with Gasteiger partial charge in [0.15, 0.2) is 0 Å². The van der Waals surface area contributed by atoms with Crippen molar-refractivity contribution in [2.75, 3.05) is 38.7 Å². The maximum absolute atomic E-state index is 12.3. The van der Waals surface area contributed by atoms with Crippen molar-refractivity contribution in [3.63, 3.8) is 0 Å². The molecule has 0 aliphatic carbocycles. The van der Waals surface area contributed by atoms with Crippen LogP contribution in [0.5, 0.6) is 5.75 Å². The minimum Gasteiger partial charge on any atom is -0.495 e. The van der Waals surface area contributed by atoms with E-state index in [1.807, 2.05) is 31.3 Å². The van der Waals surface area contributed by atoms with E-state index in [1.165, 1.54) is 4.90 Å². The van der Waals surface area contributed by atoms with Crippen LogP contribution < -0.4 is 9.64 Å². The Morgan fingerprint density at radius 1 is 1.25 bits per heavy atom. The molecule has 6 heteroatoms. The Balaban J connectivity index is 1.47. The van der Waals surface area contributed by atoms with Gasteiger partial charge >= 0.3 is 6.03 Å². The Morgan fingerprint density at radius 2 is 2.04 bits per heavy atom. The molecule has 0 bridgehead atoms. The Hall–Kier alpha value is -2.24. The number of rotatable bonds is 7. The third kappa shape index (κ3) is 3.05. The number of ether oxygens (including phenoxy) is 1. The van der Waals surface area contributed by atoms with Crippen molar-refractivity contribution in [1.29, 1.82) is 0 Å². The number of carbonyl (C=O) groups excluding carboxylic acids is 2. The molecular formula is C18H25N3O3. The molecule has 1 aromatic carbocycles. The van der Waals surface area contributed by atoms with Crippen LogP contribution in [0.1, 0.15) is 25.7 Å². The Kier molecular flexibility index (Phi) is 4.92. The average Bonchev–Trinajstić information content (AvgIpc) is 3.17. The molecule has 0 radical (unpaired) electrons. The smallest absolute Gasteiger partial charge is 0.327 e. The summed E-state index contributed by atoms with van der Waals surface area (Å²) in [4.78, 5) is 29.8. The van der Waals surface area contributed by atoms with Crippen LogP contribution in [0, 0.1) is 0 Å². The monoisotopic (exact) mass is 331 g/mol. The van der Waals surface area contributed by atoms with Gasteiger partial charge in [-0.15, -0.1) is 0 Å². The zero-order valence-corrected chi connectivity index (χ0v) is 14.4. The van der Waals surface area contributed by atoms with Gasteiger partial charge in [0, 0.05) is 26.7 Å². The van der Waals surface area contributed by atoms with Gasteiger partial charge in [-0.1, -0.05) is 12.1 Å². The highest BCUT2D eigenvalue weighted by atomic mass is 16.5. The second-order valence-corrected chi connectivity index (χ2v) is 6.42. The lowest BCUT2D eigenvalue weighted by Gasteiger charge is -2.22. The maximum Gasteiger partial charge on any atom is 0.327 e. The third-order valence-electron chi connectivity index (χ3n) is 4.90. The molecule has 2 aliphatic heterocycles. The molecule has 3 amide bonds. The van der Waals surface area contributed by atoms with Gasteiger partial charge in [0.05, 0.1) is 12.8 Å². The van der Waals surface area contributed by atoms with E-state index >= 15 is 0 Å². The first kappa shape index (κ1) is 16.6. The number of benzene rings is 1. The maximum atomic E-state index is 12.3. The van der Waals surface area contributed by atoms with Crippen LogP contribution in [0.3, 0.4) is 0 Å². The number of anilines is 1. The zero-order valence-electron chi connectivity index (χ0n) is 14.4. The number of hydrogen-bond donors (Lipinski definition) is 0. The number of para-hydroxylation sites is 2. The zero-order chi connectivity index (χ0) is 17.1. The lowest BCUT2D eigenvalue weighted by atomic mass is 10.2. The van der Waals surface area contributed by atoms with Crippen molar-refractivity contribution < 1.29 is 14.3 Å². The van der Waals surface area contributed by atoms with E-state index in [2.05, 4.69) is 4.90 Å². The van der Waals surface area contributed by atoms with E-state index in [0.717, 1.165) is 50.2 Å². The summed E-state index contributed by atoms with van der Waals surface area (Å²) >= 11 is 0. The second kappa shape index (κ2) is 7.11. The fraction of sp³-hybridized carbons (Fsp3) is 0.556. The van der Waals surface area contributed by atoms with Gasteiger partial charge in [-0.25, -0.2) is 4.79 Å². The van der Waals surface area contributed by atoms with E-state index in [9.17, 15) is 9.59 Å². The van der Waals surface area contributed by atoms with Crippen molar-refractivity contribution in [2.45, 2.75) is 31.7 Å². The summed E-state index contributed by atoms with van der Waals surface area (Å²) in [6.45, 7) is 2.09. The van der Waals surface area contributed by atoms with Crippen molar-refractivity contribution >= 4 is 17.6 Å². The highest BCUT2D eigenvalue weighted by Gasteiger charge is 2.46. The lowest BCUT2D eigenvalue weighted by Crippen LogP contribution is -2.34.